The van der Waals surface area contributed by atoms with Crippen molar-refractivity contribution in [2.45, 2.75) is 17.4 Å². The summed E-state index contributed by atoms with van der Waals surface area (Å²) in [7, 11) is -2.27. The molecule has 1 unspecified atom stereocenters. The lowest BCUT2D eigenvalue weighted by atomic mass is 10.3. The average Bonchev–Trinajstić information content (AvgIpc) is 2.88. The molecule has 1 amide bonds. The highest BCUT2D eigenvalue weighted by Gasteiger charge is 2.34. The number of alkyl carbamates (subject to hydrolysis) is 1. The Labute approximate surface area is 126 Å². The van der Waals surface area contributed by atoms with Crippen LogP contribution in [0.3, 0.4) is 0 Å². The van der Waals surface area contributed by atoms with Crippen LogP contribution in [-0.2, 0) is 14.8 Å². The van der Waals surface area contributed by atoms with Crippen LogP contribution in [-0.4, -0.2) is 45.1 Å². The van der Waals surface area contributed by atoms with Gasteiger partial charge in [-0.1, -0.05) is 12.1 Å². The molecule has 8 heteroatoms. The van der Waals surface area contributed by atoms with Gasteiger partial charge in [0.15, 0.2) is 0 Å². The van der Waals surface area contributed by atoms with E-state index in [0.717, 1.165) is 0 Å². The summed E-state index contributed by atoms with van der Waals surface area (Å²) in [6, 6.07) is 6.46. The van der Waals surface area contributed by atoms with E-state index in [1.54, 1.807) is 24.3 Å². The van der Waals surface area contributed by atoms with Crippen molar-refractivity contribution in [1.29, 1.82) is 0 Å². The molecule has 1 aliphatic heterocycles. The molecule has 1 aromatic rings. The van der Waals surface area contributed by atoms with Crippen LogP contribution in [0.4, 0.5) is 4.79 Å². The lowest BCUT2D eigenvalue weighted by molar-refractivity contribution is 0.167. The van der Waals surface area contributed by atoms with Crippen LogP contribution in [0, 0.1) is 0 Å². The van der Waals surface area contributed by atoms with Crippen molar-refractivity contribution in [2.24, 2.45) is 0 Å². The zero-order valence-corrected chi connectivity index (χ0v) is 13.3. The van der Waals surface area contributed by atoms with Crippen molar-refractivity contribution in [3.05, 3.63) is 28.7 Å². The number of carbonyl (C=O) groups excluding carboxylic acids is 1. The monoisotopic (exact) mass is 362 g/mol. The summed E-state index contributed by atoms with van der Waals surface area (Å²) < 4.78 is 31.4. The van der Waals surface area contributed by atoms with Crippen molar-refractivity contribution in [1.82, 2.24) is 9.62 Å². The van der Waals surface area contributed by atoms with E-state index in [4.69, 9.17) is 0 Å². The van der Waals surface area contributed by atoms with Crippen LogP contribution < -0.4 is 5.32 Å². The second kappa shape index (κ2) is 6.11. The standard InChI is InChI=1S/C12H15BrN2O4S/c1-19-12(16)14-9-6-7-15(8-9)20(17,18)11-5-3-2-4-10(11)13/h2-5,9H,6-8H2,1H3,(H,14,16). The highest BCUT2D eigenvalue weighted by atomic mass is 79.9. The Morgan fingerprint density at radius 1 is 1.45 bits per heavy atom. The molecule has 1 fully saturated rings. The van der Waals surface area contributed by atoms with Gasteiger partial charge in [-0.15, -0.1) is 0 Å². The number of hydrogen-bond acceptors (Lipinski definition) is 4. The van der Waals surface area contributed by atoms with Crippen LogP contribution >= 0.6 is 15.9 Å². The van der Waals surface area contributed by atoms with Gasteiger partial charge in [-0.05, 0) is 34.5 Å². The molecule has 20 heavy (non-hydrogen) atoms. The summed E-state index contributed by atoms with van der Waals surface area (Å²) in [5.74, 6) is 0. The van der Waals surface area contributed by atoms with Crippen LogP contribution in [0.2, 0.25) is 0 Å². The third-order valence-corrected chi connectivity index (χ3v) is 5.99. The van der Waals surface area contributed by atoms with Gasteiger partial charge in [-0.3, -0.25) is 0 Å². The van der Waals surface area contributed by atoms with E-state index in [9.17, 15) is 13.2 Å². The Morgan fingerprint density at radius 2 is 2.15 bits per heavy atom. The minimum Gasteiger partial charge on any atom is -0.453 e. The molecule has 0 bridgehead atoms. The molecule has 6 nitrogen and oxygen atoms in total. The SMILES string of the molecule is COC(=O)NC1CCN(S(=O)(=O)c2ccccc2Br)C1. The number of amides is 1. The Kier molecular flexibility index (Phi) is 4.66. The van der Waals surface area contributed by atoms with Crippen LogP contribution in [0.15, 0.2) is 33.6 Å². The zero-order valence-electron chi connectivity index (χ0n) is 10.9. The molecule has 1 heterocycles. The molecule has 110 valence electrons. The van der Waals surface area contributed by atoms with Crippen molar-refractivity contribution in [3.63, 3.8) is 0 Å². The van der Waals surface area contributed by atoms with E-state index in [-0.39, 0.29) is 17.5 Å². The number of ether oxygens (including phenoxy) is 1. The Morgan fingerprint density at radius 3 is 2.80 bits per heavy atom. The number of rotatable bonds is 3. The van der Waals surface area contributed by atoms with Crippen molar-refractivity contribution in [2.75, 3.05) is 20.2 Å². The number of sulfonamides is 1. The van der Waals surface area contributed by atoms with E-state index < -0.39 is 16.1 Å². The summed E-state index contributed by atoms with van der Waals surface area (Å²) in [5.41, 5.74) is 0. The summed E-state index contributed by atoms with van der Waals surface area (Å²) in [6.45, 7) is 0.622. The predicted octanol–water partition coefficient (Wildman–Crippen LogP) is 1.57. The van der Waals surface area contributed by atoms with E-state index in [0.29, 0.717) is 17.4 Å². The van der Waals surface area contributed by atoms with Gasteiger partial charge in [0, 0.05) is 23.6 Å². The fourth-order valence-corrected chi connectivity index (χ4v) is 4.55. The summed E-state index contributed by atoms with van der Waals surface area (Å²) in [4.78, 5) is 11.4. The minimum absolute atomic E-state index is 0.222. The zero-order chi connectivity index (χ0) is 14.8. The molecule has 2 rings (SSSR count). The van der Waals surface area contributed by atoms with Gasteiger partial charge in [0.2, 0.25) is 10.0 Å². The van der Waals surface area contributed by atoms with Gasteiger partial charge in [0.1, 0.15) is 0 Å². The van der Waals surface area contributed by atoms with Crippen molar-refractivity contribution in [3.8, 4) is 0 Å². The molecule has 1 saturated heterocycles. The minimum atomic E-state index is -3.55. The quantitative estimate of drug-likeness (QED) is 0.885. The van der Waals surface area contributed by atoms with E-state index in [1.807, 2.05) is 0 Å². The van der Waals surface area contributed by atoms with Crippen LogP contribution in [0.5, 0.6) is 0 Å². The summed E-state index contributed by atoms with van der Waals surface area (Å²) >= 11 is 3.25. The Bertz CT molecular complexity index is 605. The molecular weight excluding hydrogens is 348 g/mol. The first-order valence-corrected chi connectivity index (χ1v) is 8.27. The smallest absolute Gasteiger partial charge is 0.407 e. The van der Waals surface area contributed by atoms with Gasteiger partial charge in [-0.25, -0.2) is 13.2 Å². The molecule has 0 saturated carbocycles. The molecule has 0 spiro atoms. The van der Waals surface area contributed by atoms with Gasteiger partial charge < -0.3 is 10.1 Å². The number of carbonyl (C=O) groups is 1. The topological polar surface area (TPSA) is 75.7 Å². The molecular formula is C12H15BrN2O4S. The second-order valence-corrected chi connectivity index (χ2v) is 7.18. The molecule has 0 radical (unpaired) electrons. The van der Waals surface area contributed by atoms with Gasteiger partial charge in [-0.2, -0.15) is 4.31 Å². The molecule has 1 aliphatic rings. The predicted molar refractivity (Wildman–Crippen MR) is 76.8 cm³/mol. The second-order valence-electron chi connectivity index (χ2n) is 4.41. The van der Waals surface area contributed by atoms with Crippen LogP contribution in [0.25, 0.3) is 0 Å². The maximum absolute atomic E-state index is 12.5. The lowest BCUT2D eigenvalue weighted by Gasteiger charge is -2.17. The first-order chi connectivity index (χ1) is 9.45. The number of benzene rings is 1. The van der Waals surface area contributed by atoms with Crippen molar-refractivity contribution >= 4 is 32.0 Å². The number of hydrogen-bond donors (Lipinski definition) is 1. The molecule has 0 aliphatic carbocycles. The third kappa shape index (κ3) is 3.13. The molecule has 1 N–H and O–H groups in total. The average molecular weight is 363 g/mol. The Balaban J connectivity index is 2.13. The van der Waals surface area contributed by atoms with Crippen LogP contribution in [0.1, 0.15) is 6.42 Å². The van der Waals surface area contributed by atoms with Gasteiger partial charge in [0.05, 0.1) is 12.0 Å². The summed E-state index contributed by atoms with van der Waals surface area (Å²) in [6.07, 6.45) is 0.0221. The molecule has 1 aromatic carbocycles. The van der Waals surface area contributed by atoms with Gasteiger partial charge >= 0.3 is 6.09 Å². The largest absolute Gasteiger partial charge is 0.453 e. The summed E-state index contributed by atoms with van der Waals surface area (Å²) in [5, 5.41) is 2.62. The lowest BCUT2D eigenvalue weighted by Crippen LogP contribution is -2.38. The highest BCUT2D eigenvalue weighted by Crippen LogP contribution is 2.27. The fraction of sp³-hybridized carbons (Fsp3) is 0.417. The van der Waals surface area contributed by atoms with E-state index in [1.165, 1.54) is 11.4 Å². The first kappa shape index (κ1) is 15.3. The van der Waals surface area contributed by atoms with Crippen molar-refractivity contribution < 1.29 is 17.9 Å². The number of methoxy groups -OCH3 is 1. The first-order valence-electron chi connectivity index (χ1n) is 6.04. The number of halogens is 1. The number of nitrogens with zero attached hydrogens (tertiary/aromatic N) is 1. The van der Waals surface area contributed by atoms with Gasteiger partial charge in [0.25, 0.3) is 0 Å². The molecule has 0 aromatic heterocycles. The Hall–Kier alpha value is -1.12. The maximum Gasteiger partial charge on any atom is 0.407 e. The normalized spacial score (nSPS) is 19.8. The molecule has 1 atom stereocenters. The maximum atomic E-state index is 12.5. The third-order valence-electron chi connectivity index (χ3n) is 3.11. The highest BCUT2D eigenvalue weighted by molar-refractivity contribution is 9.10. The van der Waals surface area contributed by atoms with E-state index in [2.05, 4.69) is 26.0 Å². The fourth-order valence-electron chi connectivity index (χ4n) is 2.08. The number of nitrogens with one attached hydrogen (secondary N) is 1. The van der Waals surface area contributed by atoms with E-state index >= 15 is 0 Å².